The number of benzene rings is 2. The lowest BCUT2D eigenvalue weighted by molar-refractivity contribution is 0.475. The fraction of sp³-hybridized carbons (Fsp3) is 0.176. The van der Waals surface area contributed by atoms with E-state index in [4.69, 9.17) is 0 Å². The largest absolute Gasteiger partial charge is 0.508 e. The van der Waals surface area contributed by atoms with Gasteiger partial charge in [0.25, 0.3) is 0 Å². The number of hydrogen-bond donors (Lipinski definition) is 1. The maximum atomic E-state index is 9.25. The van der Waals surface area contributed by atoms with Crippen LogP contribution in [0.2, 0.25) is 0 Å². The van der Waals surface area contributed by atoms with E-state index in [2.05, 4.69) is 30.9 Å². The second-order valence-corrected chi connectivity index (χ2v) is 4.18. The smallest absolute Gasteiger partial charge is 0.115 e. The third kappa shape index (κ3) is 3.15. The summed E-state index contributed by atoms with van der Waals surface area (Å²) < 4.78 is 0. The third-order valence-corrected chi connectivity index (χ3v) is 2.69. The fourth-order valence-electron chi connectivity index (χ4n) is 1.69. The molecule has 0 aliphatic rings. The van der Waals surface area contributed by atoms with Gasteiger partial charge in [0, 0.05) is 12.0 Å². The van der Waals surface area contributed by atoms with Crippen LogP contribution < -0.4 is 0 Å². The average molecular weight is 236 g/mol. The first kappa shape index (κ1) is 12.3. The van der Waals surface area contributed by atoms with Crippen LogP contribution in [-0.4, -0.2) is 5.11 Å². The molecule has 0 unspecified atom stereocenters. The van der Waals surface area contributed by atoms with Crippen molar-refractivity contribution >= 4 is 0 Å². The quantitative estimate of drug-likeness (QED) is 0.774. The summed E-state index contributed by atoms with van der Waals surface area (Å²) in [6.07, 6.45) is 2.04. The minimum Gasteiger partial charge on any atom is -0.508 e. The first-order chi connectivity index (χ1) is 8.79. The molecule has 0 fully saturated rings. The molecule has 90 valence electrons. The van der Waals surface area contributed by atoms with Crippen LogP contribution in [0.3, 0.4) is 0 Å². The Kier molecular flexibility index (Phi) is 4.04. The minimum atomic E-state index is 0.292. The van der Waals surface area contributed by atoms with E-state index < -0.39 is 0 Å². The lowest BCUT2D eigenvalue weighted by Gasteiger charge is -2.01. The Bertz CT molecular complexity index is 553. The summed E-state index contributed by atoms with van der Waals surface area (Å²) in [4.78, 5) is 0. The topological polar surface area (TPSA) is 20.2 Å². The number of aromatic hydroxyl groups is 1. The molecule has 0 saturated carbocycles. The van der Waals surface area contributed by atoms with Crippen LogP contribution >= 0.6 is 0 Å². The maximum absolute atomic E-state index is 9.25. The average Bonchev–Trinajstić information content (AvgIpc) is 2.41. The molecule has 1 heteroatoms. The van der Waals surface area contributed by atoms with E-state index in [-0.39, 0.29) is 0 Å². The van der Waals surface area contributed by atoms with Crippen LogP contribution in [0.15, 0.2) is 48.5 Å². The Hall–Kier alpha value is -2.20. The summed E-state index contributed by atoms with van der Waals surface area (Å²) >= 11 is 0. The predicted octanol–water partition coefficient (Wildman–Crippen LogP) is 4.21. The normalized spacial score (nSPS) is 9.61. The first-order valence-electron chi connectivity index (χ1n) is 6.18. The van der Waals surface area contributed by atoms with Gasteiger partial charge < -0.3 is 5.11 Å². The molecule has 1 N–H and O–H groups in total. The zero-order valence-corrected chi connectivity index (χ0v) is 10.5. The van der Waals surface area contributed by atoms with Gasteiger partial charge in [0.1, 0.15) is 5.75 Å². The van der Waals surface area contributed by atoms with Gasteiger partial charge in [-0.25, -0.2) is 0 Å². The van der Waals surface area contributed by atoms with E-state index in [1.54, 1.807) is 12.1 Å². The molecule has 18 heavy (non-hydrogen) atoms. The molecule has 0 atom stereocenters. The van der Waals surface area contributed by atoms with Gasteiger partial charge in [0.05, 0.1) is 0 Å². The van der Waals surface area contributed by atoms with Gasteiger partial charge in [0.15, 0.2) is 0 Å². The van der Waals surface area contributed by atoms with Crippen LogP contribution in [0.1, 0.15) is 25.3 Å². The van der Waals surface area contributed by atoms with E-state index in [1.165, 1.54) is 0 Å². The second-order valence-electron chi connectivity index (χ2n) is 4.18. The highest BCUT2D eigenvalue weighted by atomic mass is 16.3. The molecule has 0 aliphatic heterocycles. The Balaban J connectivity index is 2.18. The molecular formula is C17H16O. The van der Waals surface area contributed by atoms with Crippen LogP contribution in [0, 0.1) is 11.8 Å². The maximum Gasteiger partial charge on any atom is 0.115 e. The van der Waals surface area contributed by atoms with Gasteiger partial charge in [-0.3, -0.25) is 0 Å². The van der Waals surface area contributed by atoms with Crippen molar-refractivity contribution in [3.05, 3.63) is 54.1 Å². The second kappa shape index (κ2) is 5.93. The summed E-state index contributed by atoms with van der Waals surface area (Å²) in [6, 6.07) is 15.4. The molecule has 1 nitrogen and oxygen atoms in total. The van der Waals surface area contributed by atoms with Crippen molar-refractivity contribution in [2.75, 3.05) is 0 Å². The molecule has 2 aromatic rings. The van der Waals surface area contributed by atoms with Crippen molar-refractivity contribution in [1.82, 2.24) is 0 Å². The van der Waals surface area contributed by atoms with Gasteiger partial charge in [-0.05, 0) is 41.8 Å². The molecule has 0 amide bonds. The highest BCUT2D eigenvalue weighted by Crippen LogP contribution is 2.21. The molecule has 0 aliphatic carbocycles. The van der Waals surface area contributed by atoms with Crippen molar-refractivity contribution in [2.45, 2.75) is 19.8 Å². The standard InChI is InChI=1S/C17H16O/c1-2-3-4-5-14-6-8-15(9-7-14)16-10-12-17(18)13-11-16/h6-13,18H,2-3H2,1H3. The van der Waals surface area contributed by atoms with Crippen molar-refractivity contribution in [1.29, 1.82) is 0 Å². The minimum absolute atomic E-state index is 0.292. The summed E-state index contributed by atoms with van der Waals surface area (Å²) in [5.41, 5.74) is 3.28. The summed E-state index contributed by atoms with van der Waals surface area (Å²) in [6.45, 7) is 2.13. The van der Waals surface area contributed by atoms with E-state index in [0.717, 1.165) is 29.5 Å². The first-order valence-corrected chi connectivity index (χ1v) is 6.18. The number of unbranched alkanes of at least 4 members (excludes halogenated alkanes) is 1. The highest BCUT2D eigenvalue weighted by Gasteiger charge is 1.97. The molecule has 0 spiro atoms. The molecule has 0 saturated heterocycles. The number of hydrogen-bond acceptors (Lipinski definition) is 1. The molecule has 0 bridgehead atoms. The molecule has 2 aromatic carbocycles. The summed E-state index contributed by atoms with van der Waals surface area (Å²) in [7, 11) is 0. The van der Waals surface area contributed by atoms with Crippen LogP contribution in [0.25, 0.3) is 11.1 Å². The van der Waals surface area contributed by atoms with Crippen molar-refractivity contribution in [3.63, 3.8) is 0 Å². The van der Waals surface area contributed by atoms with E-state index >= 15 is 0 Å². The molecule has 0 radical (unpaired) electrons. The van der Waals surface area contributed by atoms with Crippen molar-refractivity contribution in [2.24, 2.45) is 0 Å². The van der Waals surface area contributed by atoms with E-state index in [1.807, 2.05) is 24.3 Å². The summed E-state index contributed by atoms with van der Waals surface area (Å²) in [5.74, 6) is 6.57. The molecule has 0 heterocycles. The zero-order chi connectivity index (χ0) is 12.8. The van der Waals surface area contributed by atoms with Gasteiger partial charge in [0.2, 0.25) is 0 Å². The van der Waals surface area contributed by atoms with Crippen LogP contribution in [-0.2, 0) is 0 Å². The third-order valence-electron chi connectivity index (χ3n) is 2.69. The monoisotopic (exact) mass is 236 g/mol. The van der Waals surface area contributed by atoms with Gasteiger partial charge >= 0.3 is 0 Å². The number of phenols is 1. The van der Waals surface area contributed by atoms with E-state index in [0.29, 0.717) is 5.75 Å². The molecule has 2 rings (SSSR count). The Labute approximate surface area is 108 Å². The summed E-state index contributed by atoms with van der Waals surface area (Å²) in [5, 5.41) is 9.25. The zero-order valence-electron chi connectivity index (χ0n) is 10.5. The Morgan fingerprint density at radius 3 is 2.00 bits per heavy atom. The van der Waals surface area contributed by atoms with Gasteiger partial charge in [-0.15, -0.1) is 0 Å². The van der Waals surface area contributed by atoms with Gasteiger partial charge in [-0.2, -0.15) is 0 Å². The Morgan fingerprint density at radius 1 is 0.889 bits per heavy atom. The number of phenolic OH excluding ortho intramolecular Hbond substituents is 1. The lowest BCUT2D eigenvalue weighted by atomic mass is 10.0. The Morgan fingerprint density at radius 2 is 1.44 bits per heavy atom. The van der Waals surface area contributed by atoms with E-state index in [9.17, 15) is 5.11 Å². The number of rotatable bonds is 2. The fourth-order valence-corrected chi connectivity index (χ4v) is 1.69. The predicted molar refractivity (Wildman–Crippen MR) is 75.3 cm³/mol. The van der Waals surface area contributed by atoms with Gasteiger partial charge in [-0.1, -0.05) is 43.0 Å². The van der Waals surface area contributed by atoms with Crippen LogP contribution in [0.4, 0.5) is 0 Å². The highest BCUT2D eigenvalue weighted by molar-refractivity contribution is 5.65. The SMILES string of the molecule is CCCC#Cc1ccc(-c2ccc(O)cc2)cc1. The molecular weight excluding hydrogens is 220 g/mol. The van der Waals surface area contributed by atoms with Crippen molar-refractivity contribution < 1.29 is 5.11 Å². The van der Waals surface area contributed by atoms with Crippen LogP contribution in [0.5, 0.6) is 5.75 Å². The lowest BCUT2D eigenvalue weighted by Crippen LogP contribution is -1.79. The molecule has 0 aromatic heterocycles. The van der Waals surface area contributed by atoms with Crippen molar-refractivity contribution in [3.8, 4) is 28.7 Å².